The molecule has 0 spiro atoms. The molecular weight excluding hydrogens is 249 g/mol. The van der Waals surface area contributed by atoms with Crippen molar-refractivity contribution in [3.63, 3.8) is 0 Å². The van der Waals surface area contributed by atoms with Crippen LogP contribution in [-0.4, -0.2) is 27.2 Å². The van der Waals surface area contributed by atoms with Gasteiger partial charge in [0.2, 0.25) is 0 Å². The fourth-order valence-electron chi connectivity index (χ4n) is 1.74. The van der Waals surface area contributed by atoms with Crippen molar-refractivity contribution in [2.24, 2.45) is 7.05 Å². The van der Waals surface area contributed by atoms with Gasteiger partial charge in [0.1, 0.15) is 11.6 Å². The molecule has 0 aliphatic rings. The van der Waals surface area contributed by atoms with Gasteiger partial charge in [-0.1, -0.05) is 0 Å². The summed E-state index contributed by atoms with van der Waals surface area (Å²) in [7, 11) is 1.89. The Morgan fingerprint density at radius 2 is 2.32 bits per heavy atom. The second kappa shape index (κ2) is 5.51. The minimum atomic E-state index is -1.14. The van der Waals surface area contributed by atoms with Gasteiger partial charge in [-0.25, -0.2) is 14.2 Å². The zero-order valence-corrected chi connectivity index (χ0v) is 10.4. The van der Waals surface area contributed by atoms with Crippen LogP contribution in [0, 0.1) is 5.82 Å². The minimum absolute atomic E-state index is 0.0628. The Morgan fingerprint density at radius 3 is 2.89 bits per heavy atom. The zero-order valence-electron chi connectivity index (χ0n) is 10.4. The zero-order chi connectivity index (χ0) is 13.8. The topological polar surface area (TPSA) is 67.2 Å². The Hall–Kier alpha value is -2.37. The van der Waals surface area contributed by atoms with E-state index in [1.807, 2.05) is 17.8 Å². The van der Waals surface area contributed by atoms with Crippen molar-refractivity contribution < 1.29 is 14.3 Å². The fraction of sp³-hybridized carbons (Fsp3) is 0.231. The van der Waals surface area contributed by atoms with Crippen LogP contribution in [0.15, 0.2) is 30.6 Å². The van der Waals surface area contributed by atoms with Crippen molar-refractivity contribution in [1.82, 2.24) is 9.55 Å². The van der Waals surface area contributed by atoms with E-state index in [1.165, 1.54) is 12.1 Å². The van der Waals surface area contributed by atoms with Gasteiger partial charge >= 0.3 is 5.97 Å². The van der Waals surface area contributed by atoms with Gasteiger partial charge < -0.3 is 15.0 Å². The third-order valence-electron chi connectivity index (χ3n) is 2.80. The van der Waals surface area contributed by atoms with Crippen LogP contribution in [0.4, 0.5) is 10.1 Å². The first-order valence-corrected chi connectivity index (χ1v) is 5.81. The number of nitrogens with one attached hydrogen (secondary N) is 1. The number of hydrogen-bond acceptors (Lipinski definition) is 3. The molecule has 0 saturated heterocycles. The highest BCUT2D eigenvalue weighted by Gasteiger charge is 2.08. The molecule has 1 heterocycles. The number of imidazole rings is 1. The average molecular weight is 263 g/mol. The van der Waals surface area contributed by atoms with Crippen molar-refractivity contribution in [3.8, 4) is 0 Å². The van der Waals surface area contributed by atoms with Gasteiger partial charge in [-0.3, -0.25) is 0 Å². The van der Waals surface area contributed by atoms with Gasteiger partial charge in [0.25, 0.3) is 0 Å². The number of anilines is 1. The molecule has 0 radical (unpaired) electrons. The summed E-state index contributed by atoms with van der Waals surface area (Å²) in [5.74, 6) is -0.812. The van der Waals surface area contributed by atoms with E-state index in [4.69, 9.17) is 5.11 Å². The Kier molecular flexibility index (Phi) is 3.79. The molecule has 1 aromatic carbocycles. The van der Waals surface area contributed by atoms with Crippen molar-refractivity contribution in [1.29, 1.82) is 0 Å². The lowest BCUT2D eigenvalue weighted by Gasteiger charge is -2.08. The summed E-state index contributed by atoms with van der Waals surface area (Å²) in [5, 5.41) is 11.7. The minimum Gasteiger partial charge on any atom is -0.478 e. The Morgan fingerprint density at radius 1 is 1.53 bits per heavy atom. The molecule has 0 aliphatic carbocycles. The molecular formula is C13H14FN3O2. The Bertz CT molecular complexity index is 595. The molecule has 0 atom stereocenters. The van der Waals surface area contributed by atoms with Gasteiger partial charge in [0.15, 0.2) is 0 Å². The predicted molar refractivity (Wildman–Crippen MR) is 68.8 cm³/mol. The van der Waals surface area contributed by atoms with E-state index in [0.717, 1.165) is 11.9 Å². The summed E-state index contributed by atoms with van der Waals surface area (Å²) < 4.78 is 15.5. The molecule has 2 rings (SSSR count). The molecule has 0 amide bonds. The number of aromatic nitrogens is 2. The van der Waals surface area contributed by atoms with Gasteiger partial charge in [-0.05, 0) is 18.2 Å². The summed E-state index contributed by atoms with van der Waals surface area (Å²) in [5.41, 5.74) is 0.228. The molecule has 19 heavy (non-hydrogen) atoms. The average Bonchev–Trinajstić information content (AvgIpc) is 2.77. The third kappa shape index (κ3) is 3.09. The summed E-state index contributed by atoms with van der Waals surface area (Å²) >= 11 is 0. The molecule has 0 saturated carbocycles. The summed E-state index contributed by atoms with van der Waals surface area (Å²) in [4.78, 5) is 14.8. The predicted octanol–water partition coefficient (Wildman–Crippen LogP) is 1.91. The number of benzene rings is 1. The SMILES string of the molecule is Cn1ccnc1CCNc1ccc(C(=O)O)cc1F. The smallest absolute Gasteiger partial charge is 0.335 e. The number of halogens is 1. The largest absolute Gasteiger partial charge is 0.478 e. The van der Waals surface area contributed by atoms with E-state index in [9.17, 15) is 9.18 Å². The lowest BCUT2D eigenvalue weighted by Crippen LogP contribution is -2.10. The number of carboxylic acid groups (broad SMARTS) is 1. The van der Waals surface area contributed by atoms with Crippen LogP contribution in [-0.2, 0) is 13.5 Å². The Labute approximate surface area is 109 Å². The van der Waals surface area contributed by atoms with E-state index in [2.05, 4.69) is 10.3 Å². The van der Waals surface area contributed by atoms with Crippen molar-refractivity contribution in [2.45, 2.75) is 6.42 Å². The lowest BCUT2D eigenvalue weighted by atomic mass is 10.2. The van der Waals surface area contributed by atoms with Crippen LogP contribution in [0.1, 0.15) is 16.2 Å². The quantitative estimate of drug-likeness (QED) is 0.864. The van der Waals surface area contributed by atoms with Gasteiger partial charge in [-0.15, -0.1) is 0 Å². The van der Waals surface area contributed by atoms with E-state index in [1.54, 1.807) is 6.20 Å². The van der Waals surface area contributed by atoms with Crippen LogP contribution >= 0.6 is 0 Å². The monoisotopic (exact) mass is 263 g/mol. The molecule has 100 valence electrons. The molecule has 0 bridgehead atoms. The number of nitrogens with zero attached hydrogens (tertiary/aromatic N) is 2. The van der Waals surface area contributed by atoms with Gasteiger partial charge in [-0.2, -0.15) is 0 Å². The maximum atomic E-state index is 13.6. The molecule has 1 aromatic heterocycles. The number of aromatic carboxylic acids is 1. The Balaban J connectivity index is 1.96. The standard InChI is InChI=1S/C13H14FN3O2/c1-17-7-6-16-12(17)4-5-15-11-3-2-9(13(18)19)8-10(11)14/h2-3,6-8,15H,4-5H2,1H3,(H,18,19). The van der Waals surface area contributed by atoms with E-state index in [0.29, 0.717) is 18.7 Å². The van der Waals surface area contributed by atoms with E-state index in [-0.39, 0.29) is 5.56 Å². The van der Waals surface area contributed by atoms with Gasteiger partial charge in [0, 0.05) is 32.4 Å². The van der Waals surface area contributed by atoms with Crippen LogP contribution in [0.5, 0.6) is 0 Å². The third-order valence-corrected chi connectivity index (χ3v) is 2.80. The highest BCUT2D eigenvalue weighted by atomic mass is 19.1. The van der Waals surface area contributed by atoms with Crippen LogP contribution in [0.25, 0.3) is 0 Å². The molecule has 2 aromatic rings. The molecule has 0 unspecified atom stereocenters. The van der Waals surface area contributed by atoms with Crippen LogP contribution < -0.4 is 5.32 Å². The molecule has 2 N–H and O–H groups in total. The van der Waals surface area contributed by atoms with E-state index >= 15 is 0 Å². The highest BCUT2D eigenvalue weighted by Crippen LogP contribution is 2.15. The normalized spacial score (nSPS) is 10.4. The summed E-state index contributed by atoms with van der Waals surface area (Å²) in [6.07, 6.45) is 4.21. The second-order valence-corrected chi connectivity index (χ2v) is 4.13. The first-order chi connectivity index (χ1) is 9.08. The number of hydrogen-bond donors (Lipinski definition) is 2. The number of rotatable bonds is 5. The van der Waals surface area contributed by atoms with E-state index < -0.39 is 11.8 Å². The first kappa shape index (κ1) is 13.1. The maximum absolute atomic E-state index is 13.6. The van der Waals surface area contributed by atoms with Crippen LogP contribution in [0.2, 0.25) is 0 Å². The second-order valence-electron chi connectivity index (χ2n) is 4.13. The molecule has 5 nitrogen and oxygen atoms in total. The summed E-state index contributed by atoms with van der Waals surface area (Å²) in [6.45, 7) is 0.522. The van der Waals surface area contributed by atoms with Crippen molar-refractivity contribution in [3.05, 3.63) is 47.8 Å². The molecule has 0 fully saturated rings. The summed E-state index contributed by atoms with van der Waals surface area (Å²) in [6, 6.07) is 3.80. The number of carboxylic acids is 1. The highest BCUT2D eigenvalue weighted by molar-refractivity contribution is 5.88. The molecule has 0 aliphatic heterocycles. The first-order valence-electron chi connectivity index (χ1n) is 5.81. The van der Waals surface area contributed by atoms with Crippen molar-refractivity contribution >= 4 is 11.7 Å². The molecule has 6 heteroatoms. The van der Waals surface area contributed by atoms with Crippen LogP contribution in [0.3, 0.4) is 0 Å². The van der Waals surface area contributed by atoms with Gasteiger partial charge in [0.05, 0.1) is 11.3 Å². The number of aryl methyl sites for hydroxylation is 1. The maximum Gasteiger partial charge on any atom is 0.335 e. The lowest BCUT2D eigenvalue weighted by molar-refractivity contribution is 0.0696. The van der Waals surface area contributed by atoms with Crippen molar-refractivity contribution in [2.75, 3.05) is 11.9 Å². The fourth-order valence-corrected chi connectivity index (χ4v) is 1.74. The number of carbonyl (C=O) groups is 1.